The second-order valence-electron chi connectivity index (χ2n) is 7.94. The van der Waals surface area contributed by atoms with Gasteiger partial charge in [-0.25, -0.2) is 8.78 Å². The Morgan fingerprint density at radius 2 is 1.79 bits per heavy atom. The summed E-state index contributed by atoms with van der Waals surface area (Å²) in [6, 6.07) is 14.2. The minimum atomic E-state index is -0.987. The summed E-state index contributed by atoms with van der Waals surface area (Å²) in [5, 5.41) is 3.01. The molecule has 4 rings (SSSR count). The number of carbonyl (C=O) groups is 2. The van der Waals surface area contributed by atoms with Crippen LogP contribution in [-0.2, 0) is 0 Å². The highest BCUT2D eigenvalue weighted by atomic mass is 35.5. The van der Waals surface area contributed by atoms with Crippen LogP contribution in [0.5, 0.6) is 0 Å². The molecule has 0 radical (unpaired) electrons. The summed E-state index contributed by atoms with van der Waals surface area (Å²) in [6.07, 6.45) is -0.987. The largest absolute Gasteiger partial charge is 0.364 e. The van der Waals surface area contributed by atoms with E-state index in [4.69, 9.17) is 23.2 Å². The zero-order chi connectivity index (χ0) is 24.6. The van der Waals surface area contributed by atoms with Gasteiger partial charge in [0.25, 0.3) is 11.8 Å². The molecule has 0 saturated carbocycles. The first-order valence-electron chi connectivity index (χ1n) is 10.5. The second kappa shape index (κ2) is 9.60. The Morgan fingerprint density at radius 1 is 1.06 bits per heavy atom. The lowest BCUT2D eigenvalue weighted by molar-refractivity contribution is 0.0961. The number of alkyl halides is 1. The molecule has 1 aliphatic rings. The molecule has 5 nitrogen and oxygen atoms in total. The molecule has 0 atom stereocenters. The van der Waals surface area contributed by atoms with Gasteiger partial charge in [0.05, 0.1) is 35.1 Å². The predicted molar refractivity (Wildman–Crippen MR) is 132 cm³/mol. The summed E-state index contributed by atoms with van der Waals surface area (Å²) in [6.45, 7) is 0.315. The summed E-state index contributed by atoms with van der Waals surface area (Å²) in [7, 11) is 3.05. The number of rotatable bonds is 5. The molecule has 0 aromatic heterocycles. The van der Waals surface area contributed by atoms with E-state index in [1.165, 1.54) is 37.2 Å². The molecule has 0 unspecified atom stereocenters. The van der Waals surface area contributed by atoms with E-state index < -0.39 is 17.9 Å². The number of carbonyl (C=O) groups excluding carboxylic acids is 2. The minimum Gasteiger partial charge on any atom is -0.364 e. The SMILES string of the molecule is CNC(=O)c1ccc(Cl)c(-c2ccc(N(C)C(=O)c3c(F)cccc3Cl)c(N3CC(F)C3)c2)c1. The molecule has 0 aliphatic carbocycles. The van der Waals surface area contributed by atoms with Crippen LogP contribution in [0.2, 0.25) is 10.0 Å². The lowest BCUT2D eigenvalue weighted by Crippen LogP contribution is -2.49. The van der Waals surface area contributed by atoms with Crippen LogP contribution < -0.4 is 15.1 Å². The first kappa shape index (κ1) is 24.0. The molecule has 1 heterocycles. The number of anilines is 2. The van der Waals surface area contributed by atoms with Crippen molar-refractivity contribution >= 4 is 46.4 Å². The van der Waals surface area contributed by atoms with Crippen molar-refractivity contribution in [1.82, 2.24) is 5.32 Å². The fraction of sp³-hybridized carbons (Fsp3) is 0.200. The molecule has 1 saturated heterocycles. The monoisotopic (exact) mass is 503 g/mol. The molecular formula is C25H21Cl2F2N3O2. The van der Waals surface area contributed by atoms with Gasteiger partial charge < -0.3 is 15.1 Å². The molecule has 1 N–H and O–H groups in total. The number of hydrogen-bond donors (Lipinski definition) is 1. The lowest BCUT2D eigenvalue weighted by atomic mass is 9.99. The summed E-state index contributed by atoms with van der Waals surface area (Å²) >= 11 is 12.5. The topological polar surface area (TPSA) is 52.7 Å². The van der Waals surface area contributed by atoms with Crippen LogP contribution in [-0.4, -0.2) is 45.2 Å². The van der Waals surface area contributed by atoms with Gasteiger partial charge in [0, 0.05) is 30.2 Å². The first-order chi connectivity index (χ1) is 16.2. The van der Waals surface area contributed by atoms with Crippen LogP contribution in [0.3, 0.4) is 0 Å². The van der Waals surface area contributed by atoms with Gasteiger partial charge in [0.15, 0.2) is 0 Å². The summed E-state index contributed by atoms with van der Waals surface area (Å²) in [5.41, 5.74) is 2.52. The Morgan fingerprint density at radius 3 is 2.44 bits per heavy atom. The van der Waals surface area contributed by atoms with Crippen molar-refractivity contribution in [3.8, 4) is 11.1 Å². The molecule has 0 bridgehead atoms. The average molecular weight is 504 g/mol. The summed E-state index contributed by atoms with van der Waals surface area (Å²) in [4.78, 5) is 28.3. The zero-order valence-electron chi connectivity index (χ0n) is 18.4. The standard InChI is InChI=1S/C25H21Cl2F2N3O2/c1-30-24(33)15-6-8-18(26)17(10-15)14-7-9-21(22(11-14)32-12-16(28)13-32)31(2)25(34)23-19(27)4-3-5-20(23)29/h3-11,16H,12-13H2,1-2H3,(H,30,33). The van der Waals surface area contributed by atoms with E-state index in [-0.39, 0.29) is 29.6 Å². The van der Waals surface area contributed by atoms with Crippen LogP contribution in [0.1, 0.15) is 20.7 Å². The molecule has 2 amide bonds. The van der Waals surface area contributed by atoms with Crippen LogP contribution in [0.15, 0.2) is 54.6 Å². The van der Waals surface area contributed by atoms with Crippen LogP contribution in [0.4, 0.5) is 20.2 Å². The summed E-state index contributed by atoms with van der Waals surface area (Å²) < 4.78 is 28.1. The third-order valence-electron chi connectivity index (χ3n) is 5.76. The Balaban J connectivity index is 1.78. The van der Waals surface area contributed by atoms with Crippen molar-refractivity contribution in [2.45, 2.75) is 6.17 Å². The van der Waals surface area contributed by atoms with E-state index in [9.17, 15) is 18.4 Å². The van der Waals surface area contributed by atoms with Gasteiger partial charge in [0.1, 0.15) is 12.0 Å². The lowest BCUT2D eigenvalue weighted by Gasteiger charge is -2.39. The zero-order valence-corrected chi connectivity index (χ0v) is 19.9. The Kier molecular flexibility index (Phi) is 6.77. The van der Waals surface area contributed by atoms with Crippen molar-refractivity contribution in [3.63, 3.8) is 0 Å². The van der Waals surface area contributed by atoms with Gasteiger partial charge in [-0.15, -0.1) is 0 Å². The third-order valence-corrected chi connectivity index (χ3v) is 6.41. The van der Waals surface area contributed by atoms with E-state index in [2.05, 4.69) is 5.32 Å². The third kappa shape index (κ3) is 4.45. The Labute approximate surface area is 205 Å². The van der Waals surface area contributed by atoms with E-state index in [0.717, 1.165) is 0 Å². The molecule has 176 valence electrons. The van der Waals surface area contributed by atoms with E-state index in [1.54, 1.807) is 41.3 Å². The molecule has 1 fully saturated rings. The smallest absolute Gasteiger partial charge is 0.262 e. The van der Waals surface area contributed by atoms with Crippen LogP contribution in [0.25, 0.3) is 11.1 Å². The van der Waals surface area contributed by atoms with E-state index in [1.807, 2.05) is 0 Å². The predicted octanol–water partition coefficient (Wildman–Crippen LogP) is 5.59. The van der Waals surface area contributed by atoms with Crippen molar-refractivity contribution in [3.05, 3.63) is 81.6 Å². The molecule has 3 aromatic carbocycles. The molecule has 3 aromatic rings. The number of nitrogens with one attached hydrogen (secondary N) is 1. The molecular weight excluding hydrogens is 483 g/mol. The normalized spacial score (nSPS) is 13.4. The van der Waals surface area contributed by atoms with Gasteiger partial charge in [-0.1, -0.05) is 35.3 Å². The number of halogens is 4. The Hall–Kier alpha value is -3.16. The maximum atomic E-state index is 14.4. The van der Waals surface area contributed by atoms with Gasteiger partial charge in [-0.05, 0) is 48.0 Å². The van der Waals surface area contributed by atoms with Gasteiger partial charge in [0.2, 0.25) is 0 Å². The highest BCUT2D eigenvalue weighted by Crippen LogP contribution is 2.39. The molecule has 0 spiro atoms. The number of nitrogens with zero attached hydrogens (tertiary/aromatic N) is 2. The van der Waals surface area contributed by atoms with Crippen LogP contribution in [0, 0.1) is 5.82 Å². The number of hydrogen-bond acceptors (Lipinski definition) is 3. The number of benzene rings is 3. The highest BCUT2D eigenvalue weighted by molar-refractivity contribution is 6.35. The van der Waals surface area contributed by atoms with Crippen molar-refractivity contribution in [1.29, 1.82) is 0 Å². The van der Waals surface area contributed by atoms with Crippen molar-refractivity contribution in [2.24, 2.45) is 0 Å². The van der Waals surface area contributed by atoms with Gasteiger partial charge in [-0.2, -0.15) is 0 Å². The maximum absolute atomic E-state index is 14.4. The Bertz CT molecular complexity index is 1260. The molecule has 1 aliphatic heterocycles. The molecule has 34 heavy (non-hydrogen) atoms. The summed E-state index contributed by atoms with van der Waals surface area (Å²) in [5.74, 6) is -1.62. The first-order valence-corrected chi connectivity index (χ1v) is 11.2. The van der Waals surface area contributed by atoms with Crippen molar-refractivity contribution < 1.29 is 18.4 Å². The number of amides is 2. The highest BCUT2D eigenvalue weighted by Gasteiger charge is 2.31. The van der Waals surface area contributed by atoms with E-state index >= 15 is 0 Å². The fourth-order valence-corrected chi connectivity index (χ4v) is 4.33. The minimum absolute atomic E-state index is 0.000547. The average Bonchev–Trinajstić information content (AvgIpc) is 2.81. The molecule has 9 heteroatoms. The second-order valence-corrected chi connectivity index (χ2v) is 8.75. The van der Waals surface area contributed by atoms with E-state index in [0.29, 0.717) is 33.1 Å². The van der Waals surface area contributed by atoms with Gasteiger partial charge in [-0.3, -0.25) is 9.59 Å². The van der Waals surface area contributed by atoms with Gasteiger partial charge >= 0.3 is 0 Å². The van der Waals surface area contributed by atoms with Crippen LogP contribution >= 0.6 is 23.2 Å². The van der Waals surface area contributed by atoms with Crippen molar-refractivity contribution in [2.75, 3.05) is 37.0 Å². The fourth-order valence-electron chi connectivity index (χ4n) is 3.86. The quantitative estimate of drug-likeness (QED) is 0.493. The maximum Gasteiger partial charge on any atom is 0.262 e.